The number of benzene rings is 1. The van der Waals surface area contributed by atoms with Gasteiger partial charge in [-0.3, -0.25) is 0 Å². The second kappa shape index (κ2) is 5.28. The molecule has 0 unspecified atom stereocenters. The Morgan fingerprint density at radius 3 is 3.00 bits per heavy atom. The first-order chi connectivity index (χ1) is 9.65. The summed E-state index contributed by atoms with van der Waals surface area (Å²) in [5, 5.41) is 11.5. The number of nitrogens with zero attached hydrogens (tertiary/aromatic N) is 3. The van der Waals surface area contributed by atoms with Crippen molar-refractivity contribution in [2.24, 2.45) is 0 Å². The van der Waals surface area contributed by atoms with Crippen molar-refractivity contribution in [2.75, 3.05) is 0 Å². The molecule has 20 heavy (non-hydrogen) atoms. The average molecular weight is 278 g/mol. The van der Waals surface area contributed by atoms with Gasteiger partial charge in [0.2, 0.25) is 0 Å². The summed E-state index contributed by atoms with van der Waals surface area (Å²) in [7, 11) is 0. The maximum Gasteiger partial charge on any atom is 0.264 e. The van der Waals surface area contributed by atoms with E-state index in [4.69, 9.17) is 0 Å². The van der Waals surface area contributed by atoms with Crippen LogP contribution in [0.25, 0.3) is 0 Å². The van der Waals surface area contributed by atoms with Gasteiger partial charge in [0.05, 0.1) is 17.9 Å². The van der Waals surface area contributed by atoms with Crippen LogP contribution in [0.15, 0.2) is 24.3 Å². The number of alkyl halides is 2. The van der Waals surface area contributed by atoms with Crippen molar-refractivity contribution >= 4 is 0 Å². The zero-order valence-corrected chi connectivity index (χ0v) is 11.2. The van der Waals surface area contributed by atoms with Gasteiger partial charge in [-0.1, -0.05) is 29.5 Å². The summed E-state index contributed by atoms with van der Waals surface area (Å²) in [5.41, 5.74) is 2.62. The molecule has 106 valence electrons. The van der Waals surface area contributed by atoms with Crippen molar-refractivity contribution in [3.63, 3.8) is 0 Å². The zero-order valence-electron chi connectivity index (χ0n) is 11.2. The molecular formula is C14H16F2N4. The van der Waals surface area contributed by atoms with Crippen molar-refractivity contribution < 1.29 is 8.78 Å². The smallest absolute Gasteiger partial charge is 0.264 e. The number of hydrogen-bond donors (Lipinski definition) is 1. The third-order valence-corrected chi connectivity index (χ3v) is 3.65. The molecular weight excluding hydrogens is 262 g/mol. The lowest BCUT2D eigenvalue weighted by Crippen LogP contribution is -2.33. The van der Waals surface area contributed by atoms with Crippen molar-refractivity contribution in [1.82, 2.24) is 20.3 Å². The van der Waals surface area contributed by atoms with Gasteiger partial charge in [-0.05, 0) is 12.5 Å². The highest BCUT2D eigenvalue weighted by atomic mass is 19.3. The molecule has 0 bridgehead atoms. The number of rotatable bonds is 3. The Morgan fingerprint density at radius 1 is 1.40 bits per heavy atom. The van der Waals surface area contributed by atoms with E-state index in [1.807, 2.05) is 0 Å². The fourth-order valence-electron chi connectivity index (χ4n) is 2.54. The number of nitrogens with one attached hydrogen (secondary N) is 1. The van der Waals surface area contributed by atoms with Gasteiger partial charge in [0.15, 0.2) is 0 Å². The van der Waals surface area contributed by atoms with E-state index in [0.717, 1.165) is 17.8 Å². The van der Waals surface area contributed by atoms with E-state index < -0.39 is 6.43 Å². The molecule has 1 atom stereocenters. The van der Waals surface area contributed by atoms with E-state index in [0.29, 0.717) is 24.7 Å². The average Bonchev–Trinajstić information content (AvgIpc) is 2.82. The van der Waals surface area contributed by atoms with Gasteiger partial charge in [0.1, 0.15) is 0 Å². The Kier molecular flexibility index (Phi) is 3.48. The van der Waals surface area contributed by atoms with Crippen molar-refractivity contribution in [1.29, 1.82) is 0 Å². The van der Waals surface area contributed by atoms with Crippen LogP contribution >= 0.6 is 0 Å². The molecule has 2 heterocycles. The van der Waals surface area contributed by atoms with Crippen molar-refractivity contribution in [3.05, 3.63) is 46.8 Å². The summed E-state index contributed by atoms with van der Waals surface area (Å²) in [5.74, 6) is 0. The highest BCUT2D eigenvalue weighted by molar-refractivity contribution is 5.29. The first-order valence-corrected chi connectivity index (χ1v) is 6.65. The van der Waals surface area contributed by atoms with Gasteiger partial charge in [-0.2, -0.15) is 0 Å². The molecule has 1 aliphatic heterocycles. The van der Waals surface area contributed by atoms with E-state index in [1.54, 1.807) is 22.9 Å². The Bertz CT molecular complexity index is 609. The minimum atomic E-state index is -2.47. The molecule has 3 rings (SSSR count). The zero-order chi connectivity index (χ0) is 14.1. The molecule has 1 N–H and O–H groups in total. The Hall–Kier alpha value is -1.82. The van der Waals surface area contributed by atoms with Crippen molar-refractivity contribution in [3.8, 4) is 0 Å². The summed E-state index contributed by atoms with van der Waals surface area (Å²) in [4.78, 5) is 0. The fraction of sp³-hybridized carbons (Fsp3) is 0.429. The third-order valence-electron chi connectivity index (χ3n) is 3.65. The topological polar surface area (TPSA) is 42.7 Å². The quantitative estimate of drug-likeness (QED) is 0.936. The molecule has 0 aliphatic carbocycles. The minimum absolute atomic E-state index is 0.0683. The predicted molar refractivity (Wildman–Crippen MR) is 70.5 cm³/mol. The van der Waals surface area contributed by atoms with Crippen LogP contribution in [0.4, 0.5) is 8.78 Å². The molecule has 0 spiro atoms. The van der Waals surface area contributed by atoms with E-state index in [1.165, 1.54) is 6.07 Å². The first-order valence-electron chi connectivity index (χ1n) is 6.65. The maximum atomic E-state index is 13.0. The summed E-state index contributed by atoms with van der Waals surface area (Å²) in [6, 6.07) is 6.95. The van der Waals surface area contributed by atoms with E-state index in [2.05, 4.69) is 22.6 Å². The van der Waals surface area contributed by atoms with Crippen LogP contribution in [0.5, 0.6) is 0 Å². The number of halogens is 2. The van der Waals surface area contributed by atoms with Crippen LogP contribution in [-0.2, 0) is 19.5 Å². The highest BCUT2D eigenvalue weighted by Gasteiger charge is 2.21. The summed E-state index contributed by atoms with van der Waals surface area (Å²) in [6.45, 7) is 3.12. The fourth-order valence-corrected chi connectivity index (χ4v) is 2.54. The van der Waals surface area contributed by atoms with Gasteiger partial charge >= 0.3 is 0 Å². The standard InChI is InChI=1S/C14H16F2N4/c1-9-6-13-12(7-17-9)18-19-20(13)8-10-4-2-3-5-11(10)14(15)16/h2-5,9,14,17H,6-8H2,1H3/t9-/m1/s1. The van der Waals surface area contributed by atoms with Crippen LogP contribution < -0.4 is 5.32 Å². The molecule has 0 saturated carbocycles. The second-order valence-electron chi connectivity index (χ2n) is 5.13. The number of hydrogen-bond acceptors (Lipinski definition) is 3. The van der Waals surface area contributed by atoms with Crippen LogP contribution in [0.3, 0.4) is 0 Å². The lowest BCUT2D eigenvalue weighted by molar-refractivity contribution is 0.150. The molecule has 4 nitrogen and oxygen atoms in total. The Balaban J connectivity index is 1.91. The van der Waals surface area contributed by atoms with E-state index >= 15 is 0 Å². The summed E-state index contributed by atoms with van der Waals surface area (Å²) < 4.78 is 27.7. The number of fused-ring (bicyclic) bond motifs is 1. The maximum absolute atomic E-state index is 13.0. The lowest BCUT2D eigenvalue weighted by atomic mass is 10.1. The normalized spacial score (nSPS) is 18.3. The van der Waals surface area contributed by atoms with Gasteiger partial charge in [-0.15, -0.1) is 5.10 Å². The van der Waals surface area contributed by atoms with E-state index in [9.17, 15) is 8.78 Å². The monoisotopic (exact) mass is 278 g/mol. The summed E-state index contributed by atoms with van der Waals surface area (Å²) >= 11 is 0. The molecule has 0 amide bonds. The molecule has 1 aromatic heterocycles. The van der Waals surface area contributed by atoms with Crippen molar-refractivity contribution in [2.45, 2.75) is 38.9 Å². The summed E-state index contributed by atoms with van der Waals surface area (Å²) in [6.07, 6.45) is -1.65. The molecule has 6 heteroatoms. The lowest BCUT2D eigenvalue weighted by Gasteiger charge is -2.20. The van der Waals surface area contributed by atoms with E-state index in [-0.39, 0.29) is 5.56 Å². The molecule has 2 aromatic rings. The Morgan fingerprint density at radius 2 is 2.20 bits per heavy atom. The van der Waals surface area contributed by atoms with Gasteiger partial charge < -0.3 is 5.32 Å². The molecule has 0 fully saturated rings. The van der Waals surface area contributed by atoms with Crippen LogP contribution in [0.2, 0.25) is 0 Å². The van der Waals surface area contributed by atoms with Crippen LogP contribution in [0.1, 0.15) is 35.9 Å². The largest absolute Gasteiger partial charge is 0.308 e. The van der Waals surface area contributed by atoms with Gasteiger partial charge in [0, 0.05) is 24.6 Å². The Labute approximate surface area is 115 Å². The van der Waals surface area contributed by atoms with Crippen LogP contribution in [-0.4, -0.2) is 21.0 Å². The predicted octanol–water partition coefficient (Wildman–Crippen LogP) is 2.30. The third kappa shape index (κ3) is 2.43. The molecule has 0 radical (unpaired) electrons. The molecule has 1 aliphatic rings. The van der Waals surface area contributed by atoms with Crippen LogP contribution in [0, 0.1) is 0 Å². The minimum Gasteiger partial charge on any atom is -0.308 e. The second-order valence-corrected chi connectivity index (χ2v) is 5.13. The van der Waals surface area contributed by atoms with Gasteiger partial charge in [-0.25, -0.2) is 13.5 Å². The molecule has 0 saturated heterocycles. The van der Waals surface area contributed by atoms with Gasteiger partial charge in [0.25, 0.3) is 6.43 Å². The highest BCUT2D eigenvalue weighted by Crippen LogP contribution is 2.24. The molecule has 1 aromatic carbocycles. The first kappa shape index (κ1) is 13.2. The number of aromatic nitrogens is 3. The SMILES string of the molecule is C[C@@H]1Cc2c(nnn2Cc2ccccc2C(F)F)CN1.